The maximum atomic E-state index is 5.45. The van der Waals surface area contributed by atoms with Gasteiger partial charge < -0.3 is 19.9 Å². The number of nitrogens with zero attached hydrogens (tertiary/aromatic N) is 4. The molecule has 2 fully saturated rings. The minimum absolute atomic E-state index is 0.623. The number of ether oxygens (including phenoxy) is 1. The molecule has 3 aliphatic rings. The Morgan fingerprint density at radius 1 is 1.05 bits per heavy atom. The molecule has 6 heteroatoms. The zero-order valence-corrected chi connectivity index (χ0v) is 13.3. The Hall–Kier alpha value is -1.40. The van der Waals surface area contributed by atoms with E-state index in [0.29, 0.717) is 6.04 Å². The number of hydrogen-bond donors (Lipinski definition) is 1. The van der Waals surface area contributed by atoms with E-state index in [0.717, 1.165) is 64.0 Å². The highest BCUT2D eigenvalue weighted by Crippen LogP contribution is 2.29. The molecule has 0 aromatic carbocycles. The van der Waals surface area contributed by atoms with Crippen LogP contribution < -0.4 is 10.2 Å². The van der Waals surface area contributed by atoms with Gasteiger partial charge in [-0.15, -0.1) is 0 Å². The van der Waals surface area contributed by atoms with Crippen molar-refractivity contribution in [1.82, 2.24) is 14.9 Å². The highest BCUT2D eigenvalue weighted by atomic mass is 16.5. The van der Waals surface area contributed by atoms with E-state index in [9.17, 15) is 0 Å². The van der Waals surface area contributed by atoms with E-state index in [-0.39, 0.29) is 0 Å². The molecule has 0 bridgehead atoms. The first-order valence-corrected chi connectivity index (χ1v) is 8.47. The Morgan fingerprint density at radius 2 is 1.82 bits per heavy atom. The van der Waals surface area contributed by atoms with Crippen LogP contribution >= 0.6 is 0 Å². The van der Waals surface area contributed by atoms with Gasteiger partial charge in [0, 0.05) is 44.2 Å². The first kappa shape index (κ1) is 14.2. The number of nitrogens with one attached hydrogen (secondary N) is 1. The summed E-state index contributed by atoms with van der Waals surface area (Å²) in [5, 5.41) is 3.64. The van der Waals surface area contributed by atoms with Gasteiger partial charge in [0.2, 0.25) is 5.95 Å². The van der Waals surface area contributed by atoms with Gasteiger partial charge in [-0.2, -0.15) is 4.98 Å². The van der Waals surface area contributed by atoms with Gasteiger partial charge in [-0.3, -0.25) is 0 Å². The molecular formula is C16H25N5O. The van der Waals surface area contributed by atoms with Crippen LogP contribution in [0.1, 0.15) is 24.1 Å². The molecule has 1 saturated carbocycles. The third-order valence-corrected chi connectivity index (χ3v) is 4.77. The summed E-state index contributed by atoms with van der Waals surface area (Å²) in [6.45, 7) is 5.49. The van der Waals surface area contributed by atoms with Crippen LogP contribution in [0.2, 0.25) is 0 Å². The predicted molar refractivity (Wildman–Crippen MR) is 86.6 cm³/mol. The van der Waals surface area contributed by atoms with E-state index >= 15 is 0 Å². The van der Waals surface area contributed by atoms with Crippen LogP contribution in [-0.2, 0) is 17.6 Å². The summed E-state index contributed by atoms with van der Waals surface area (Å²) in [6, 6.07) is 0.623. The van der Waals surface area contributed by atoms with Gasteiger partial charge >= 0.3 is 0 Å². The van der Waals surface area contributed by atoms with E-state index in [1.165, 1.54) is 24.1 Å². The largest absolute Gasteiger partial charge is 0.378 e. The minimum Gasteiger partial charge on any atom is -0.378 e. The van der Waals surface area contributed by atoms with Crippen molar-refractivity contribution in [3.8, 4) is 0 Å². The van der Waals surface area contributed by atoms with E-state index in [4.69, 9.17) is 14.7 Å². The van der Waals surface area contributed by atoms with E-state index in [1.54, 1.807) is 0 Å². The first-order valence-electron chi connectivity index (χ1n) is 8.47. The second-order valence-corrected chi connectivity index (χ2v) is 6.62. The van der Waals surface area contributed by atoms with E-state index < -0.39 is 0 Å². The number of morpholine rings is 1. The number of likely N-dealkylation sites (N-methyl/N-ethyl adjacent to an activating group) is 1. The predicted octanol–water partition coefficient (Wildman–Crippen LogP) is 0.918. The minimum atomic E-state index is 0.623. The second-order valence-electron chi connectivity index (χ2n) is 6.62. The molecule has 3 heterocycles. The van der Waals surface area contributed by atoms with Crippen molar-refractivity contribution in [2.75, 3.05) is 56.7 Å². The molecule has 4 rings (SSSR count). The standard InChI is InChI=1S/C16H25N5O/c1-20-6-4-13-14(5-7-20)18-16(21-8-10-22-11-9-21)19-15(13)17-12-2-3-12/h12H,2-11H2,1H3,(H,17,18,19). The van der Waals surface area contributed by atoms with Crippen molar-refractivity contribution in [2.45, 2.75) is 31.7 Å². The molecule has 0 spiro atoms. The van der Waals surface area contributed by atoms with Crippen LogP contribution in [0.25, 0.3) is 0 Å². The smallest absolute Gasteiger partial charge is 0.227 e. The fourth-order valence-corrected chi connectivity index (χ4v) is 3.14. The lowest BCUT2D eigenvalue weighted by molar-refractivity contribution is 0.122. The lowest BCUT2D eigenvalue weighted by Crippen LogP contribution is -2.37. The van der Waals surface area contributed by atoms with Gasteiger partial charge in [0.05, 0.1) is 18.9 Å². The van der Waals surface area contributed by atoms with Crippen LogP contribution in [0.15, 0.2) is 0 Å². The lowest BCUT2D eigenvalue weighted by Gasteiger charge is -2.28. The Bertz CT molecular complexity index is 540. The zero-order valence-electron chi connectivity index (χ0n) is 13.3. The average molecular weight is 303 g/mol. The first-order chi connectivity index (χ1) is 10.8. The molecular weight excluding hydrogens is 278 g/mol. The maximum Gasteiger partial charge on any atom is 0.227 e. The molecule has 1 aromatic rings. The number of anilines is 2. The SMILES string of the molecule is CN1CCc2nc(N3CCOCC3)nc(NC3CC3)c2CC1. The Kier molecular flexibility index (Phi) is 3.88. The summed E-state index contributed by atoms with van der Waals surface area (Å²) >= 11 is 0. The molecule has 6 nitrogen and oxygen atoms in total. The molecule has 120 valence electrons. The number of hydrogen-bond acceptors (Lipinski definition) is 6. The lowest BCUT2D eigenvalue weighted by atomic mass is 10.1. The second kappa shape index (κ2) is 6.01. The average Bonchev–Trinajstić information content (AvgIpc) is 3.37. The Labute approximate surface area is 131 Å². The summed E-state index contributed by atoms with van der Waals surface area (Å²) in [6.07, 6.45) is 4.60. The third-order valence-electron chi connectivity index (χ3n) is 4.77. The molecule has 1 aliphatic carbocycles. The highest BCUT2D eigenvalue weighted by Gasteiger charge is 2.26. The molecule has 1 aromatic heterocycles. The molecule has 1 N–H and O–H groups in total. The summed E-state index contributed by atoms with van der Waals surface area (Å²) in [5.41, 5.74) is 2.58. The van der Waals surface area contributed by atoms with Gasteiger partial charge in [0.1, 0.15) is 5.82 Å². The fourth-order valence-electron chi connectivity index (χ4n) is 3.14. The topological polar surface area (TPSA) is 53.5 Å². The number of aromatic nitrogens is 2. The maximum absolute atomic E-state index is 5.45. The molecule has 1 saturated heterocycles. The molecule has 0 atom stereocenters. The van der Waals surface area contributed by atoms with Crippen molar-refractivity contribution >= 4 is 11.8 Å². The Balaban J connectivity index is 1.67. The van der Waals surface area contributed by atoms with Gasteiger partial charge in [-0.1, -0.05) is 0 Å². The monoisotopic (exact) mass is 303 g/mol. The van der Waals surface area contributed by atoms with Gasteiger partial charge in [-0.25, -0.2) is 4.98 Å². The van der Waals surface area contributed by atoms with Crippen LogP contribution in [-0.4, -0.2) is 67.4 Å². The summed E-state index contributed by atoms with van der Waals surface area (Å²) in [7, 11) is 2.19. The Morgan fingerprint density at radius 3 is 2.59 bits per heavy atom. The summed E-state index contributed by atoms with van der Waals surface area (Å²) in [4.78, 5) is 14.4. The summed E-state index contributed by atoms with van der Waals surface area (Å²) in [5.74, 6) is 1.97. The van der Waals surface area contributed by atoms with Crippen molar-refractivity contribution < 1.29 is 4.74 Å². The summed E-state index contributed by atoms with van der Waals surface area (Å²) < 4.78 is 5.45. The third kappa shape index (κ3) is 3.03. The molecule has 2 aliphatic heterocycles. The van der Waals surface area contributed by atoms with Gasteiger partial charge in [-0.05, 0) is 26.3 Å². The molecule has 22 heavy (non-hydrogen) atoms. The highest BCUT2D eigenvalue weighted by molar-refractivity contribution is 5.53. The van der Waals surface area contributed by atoms with Crippen LogP contribution in [0.5, 0.6) is 0 Å². The molecule has 0 unspecified atom stereocenters. The van der Waals surface area contributed by atoms with Gasteiger partial charge in [0.25, 0.3) is 0 Å². The van der Waals surface area contributed by atoms with Crippen molar-refractivity contribution in [3.05, 3.63) is 11.3 Å². The normalized spacial score (nSPS) is 23.0. The van der Waals surface area contributed by atoms with Crippen molar-refractivity contribution in [3.63, 3.8) is 0 Å². The molecule has 0 amide bonds. The van der Waals surface area contributed by atoms with E-state index in [2.05, 4.69) is 22.2 Å². The van der Waals surface area contributed by atoms with Crippen LogP contribution in [0.4, 0.5) is 11.8 Å². The number of rotatable bonds is 3. The van der Waals surface area contributed by atoms with Crippen LogP contribution in [0, 0.1) is 0 Å². The fraction of sp³-hybridized carbons (Fsp3) is 0.750. The van der Waals surface area contributed by atoms with Crippen molar-refractivity contribution in [1.29, 1.82) is 0 Å². The number of fused-ring (bicyclic) bond motifs is 1. The van der Waals surface area contributed by atoms with E-state index in [1.807, 2.05) is 0 Å². The van der Waals surface area contributed by atoms with Crippen molar-refractivity contribution in [2.24, 2.45) is 0 Å². The quantitative estimate of drug-likeness (QED) is 0.896. The molecule has 0 radical (unpaired) electrons. The van der Waals surface area contributed by atoms with Crippen LogP contribution in [0.3, 0.4) is 0 Å². The van der Waals surface area contributed by atoms with Gasteiger partial charge in [0.15, 0.2) is 0 Å². The zero-order chi connectivity index (χ0) is 14.9.